The first-order valence-electron chi connectivity index (χ1n) is 7.84. The average molecular weight is 328 g/mol. The van der Waals surface area contributed by atoms with Crippen LogP contribution in [0.1, 0.15) is 18.2 Å². The van der Waals surface area contributed by atoms with E-state index in [4.69, 9.17) is 4.42 Å². The molecule has 7 nitrogen and oxygen atoms in total. The molecule has 0 unspecified atom stereocenters. The number of carbonyl (C=O) groups is 2. The predicted octanol–water partition coefficient (Wildman–Crippen LogP) is 2.61. The molecular formula is C17H20N4O3. The van der Waals surface area contributed by atoms with Gasteiger partial charge in [0.15, 0.2) is 0 Å². The van der Waals surface area contributed by atoms with Crippen LogP contribution in [-0.4, -0.2) is 46.5 Å². The standard InChI is InChI=1S/C17H20N4O3/c1-4-20-10-21(8-15(20)22)17(23)19-13-6-5-11(2)14(7-13)16-18-12(3)9-24-16/h5-7,9H,4,8,10H2,1-3H3,(H,19,23). The molecule has 0 atom stereocenters. The van der Waals surface area contributed by atoms with Gasteiger partial charge in [0.2, 0.25) is 11.8 Å². The van der Waals surface area contributed by atoms with Crippen molar-refractivity contribution in [2.24, 2.45) is 0 Å². The fourth-order valence-electron chi connectivity index (χ4n) is 2.62. The topological polar surface area (TPSA) is 78.7 Å². The highest BCUT2D eigenvalue weighted by atomic mass is 16.3. The van der Waals surface area contributed by atoms with Gasteiger partial charge in [0, 0.05) is 17.8 Å². The summed E-state index contributed by atoms with van der Waals surface area (Å²) in [7, 11) is 0. The Labute approximate surface area is 140 Å². The van der Waals surface area contributed by atoms with Gasteiger partial charge in [0.25, 0.3) is 0 Å². The van der Waals surface area contributed by atoms with E-state index in [1.165, 1.54) is 4.90 Å². The number of rotatable bonds is 3. The summed E-state index contributed by atoms with van der Waals surface area (Å²) in [5.74, 6) is 0.488. The van der Waals surface area contributed by atoms with Crippen molar-refractivity contribution in [2.45, 2.75) is 20.8 Å². The Bertz CT molecular complexity index is 784. The molecule has 2 heterocycles. The maximum atomic E-state index is 12.4. The van der Waals surface area contributed by atoms with Crippen molar-refractivity contribution < 1.29 is 14.0 Å². The number of urea groups is 1. The van der Waals surface area contributed by atoms with E-state index in [0.29, 0.717) is 24.8 Å². The van der Waals surface area contributed by atoms with E-state index < -0.39 is 0 Å². The molecule has 0 aliphatic carbocycles. The molecule has 1 saturated heterocycles. The van der Waals surface area contributed by atoms with Crippen LogP contribution in [0.3, 0.4) is 0 Å². The van der Waals surface area contributed by atoms with Gasteiger partial charge in [-0.15, -0.1) is 0 Å². The molecule has 0 spiro atoms. The summed E-state index contributed by atoms with van der Waals surface area (Å²) in [4.78, 5) is 31.5. The van der Waals surface area contributed by atoms with E-state index in [9.17, 15) is 9.59 Å². The van der Waals surface area contributed by atoms with Crippen LogP contribution >= 0.6 is 0 Å². The molecule has 1 N–H and O–H groups in total. The molecule has 3 amide bonds. The Balaban J connectivity index is 1.76. The van der Waals surface area contributed by atoms with Crippen molar-refractivity contribution in [3.63, 3.8) is 0 Å². The molecule has 0 saturated carbocycles. The molecule has 1 aromatic heterocycles. The lowest BCUT2D eigenvalue weighted by Gasteiger charge is -2.17. The molecule has 1 fully saturated rings. The third-order valence-electron chi connectivity index (χ3n) is 4.03. The quantitative estimate of drug-likeness (QED) is 0.939. The van der Waals surface area contributed by atoms with Crippen LogP contribution in [0.4, 0.5) is 10.5 Å². The van der Waals surface area contributed by atoms with Crippen LogP contribution in [0.5, 0.6) is 0 Å². The first kappa shape index (κ1) is 16.0. The zero-order valence-corrected chi connectivity index (χ0v) is 14.0. The van der Waals surface area contributed by atoms with E-state index in [-0.39, 0.29) is 18.5 Å². The van der Waals surface area contributed by atoms with Crippen molar-refractivity contribution in [1.29, 1.82) is 0 Å². The number of aromatic nitrogens is 1. The lowest BCUT2D eigenvalue weighted by atomic mass is 10.1. The Kier molecular flexibility index (Phi) is 4.24. The lowest BCUT2D eigenvalue weighted by Crippen LogP contribution is -2.34. The highest BCUT2D eigenvalue weighted by molar-refractivity contribution is 5.94. The number of aryl methyl sites for hydroxylation is 2. The van der Waals surface area contributed by atoms with Crippen LogP contribution in [-0.2, 0) is 4.79 Å². The number of benzene rings is 1. The molecule has 126 valence electrons. The average Bonchev–Trinajstić information content (AvgIpc) is 3.15. The van der Waals surface area contributed by atoms with E-state index in [0.717, 1.165) is 16.8 Å². The van der Waals surface area contributed by atoms with Gasteiger partial charge in [0.1, 0.15) is 12.8 Å². The highest BCUT2D eigenvalue weighted by Gasteiger charge is 2.29. The Morgan fingerprint density at radius 2 is 2.17 bits per heavy atom. The van der Waals surface area contributed by atoms with Crippen molar-refractivity contribution in [3.8, 4) is 11.5 Å². The fourth-order valence-corrected chi connectivity index (χ4v) is 2.62. The first-order valence-corrected chi connectivity index (χ1v) is 7.84. The second-order valence-corrected chi connectivity index (χ2v) is 5.84. The molecular weight excluding hydrogens is 308 g/mol. The van der Waals surface area contributed by atoms with Crippen molar-refractivity contribution in [2.75, 3.05) is 25.1 Å². The molecule has 2 aromatic rings. The Morgan fingerprint density at radius 1 is 1.38 bits per heavy atom. The molecule has 0 bridgehead atoms. The zero-order chi connectivity index (χ0) is 17.3. The molecule has 3 rings (SSSR count). The molecule has 1 aliphatic rings. The van der Waals surface area contributed by atoms with Crippen molar-refractivity contribution in [3.05, 3.63) is 35.7 Å². The van der Waals surface area contributed by atoms with Crippen LogP contribution in [0.15, 0.2) is 28.9 Å². The number of hydrogen-bond acceptors (Lipinski definition) is 4. The van der Waals surface area contributed by atoms with Gasteiger partial charge in [-0.1, -0.05) is 6.07 Å². The van der Waals surface area contributed by atoms with Crippen LogP contribution < -0.4 is 5.32 Å². The number of nitrogens with one attached hydrogen (secondary N) is 1. The summed E-state index contributed by atoms with van der Waals surface area (Å²) in [6, 6.07) is 5.26. The summed E-state index contributed by atoms with van der Waals surface area (Å²) in [6.45, 7) is 6.73. The molecule has 7 heteroatoms. The maximum absolute atomic E-state index is 12.4. The summed E-state index contributed by atoms with van der Waals surface area (Å²) >= 11 is 0. The SMILES string of the molecule is CCN1CN(C(=O)Nc2ccc(C)c(-c3nc(C)co3)c2)CC1=O. The Morgan fingerprint density at radius 3 is 2.79 bits per heavy atom. The lowest BCUT2D eigenvalue weighted by molar-refractivity contribution is -0.126. The number of nitrogens with zero attached hydrogens (tertiary/aromatic N) is 3. The van der Waals surface area contributed by atoms with E-state index in [1.54, 1.807) is 11.2 Å². The minimum Gasteiger partial charge on any atom is -0.444 e. The summed E-state index contributed by atoms with van der Waals surface area (Å²) in [6.07, 6.45) is 1.59. The second-order valence-electron chi connectivity index (χ2n) is 5.84. The smallest absolute Gasteiger partial charge is 0.323 e. The van der Waals surface area contributed by atoms with Gasteiger partial charge in [-0.05, 0) is 38.5 Å². The second kappa shape index (κ2) is 6.35. The van der Waals surface area contributed by atoms with E-state index in [2.05, 4.69) is 10.3 Å². The van der Waals surface area contributed by atoms with Crippen LogP contribution in [0.25, 0.3) is 11.5 Å². The first-order chi connectivity index (χ1) is 11.5. The number of carbonyl (C=O) groups excluding carboxylic acids is 2. The zero-order valence-electron chi connectivity index (χ0n) is 14.0. The van der Waals surface area contributed by atoms with Crippen LogP contribution in [0.2, 0.25) is 0 Å². The van der Waals surface area contributed by atoms with Gasteiger partial charge < -0.3 is 14.6 Å². The minimum atomic E-state index is -0.294. The molecule has 1 aromatic carbocycles. The van der Waals surface area contributed by atoms with Gasteiger partial charge in [-0.2, -0.15) is 0 Å². The number of likely N-dealkylation sites (N-methyl/N-ethyl adjacent to an activating group) is 1. The monoisotopic (exact) mass is 328 g/mol. The number of oxazole rings is 1. The number of anilines is 1. The van der Waals surface area contributed by atoms with E-state index in [1.807, 2.05) is 39.0 Å². The van der Waals surface area contributed by atoms with Crippen LogP contribution in [0, 0.1) is 13.8 Å². The molecule has 0 radical (unpaired) electrons. The van der Waals surface area contributed by atoms with Gasteiger partial charge in [0.05, 0.1) is 12.4 Å². The Hall–Kier alpha value is -2.83. The highest BCUT2D eigenvalue weighted by Crippen LogP contribution is 2.26. The molecule has 24 heavy (non-hydrogen) atoms. The van der Waals surface area contributed by atoms with Crippen molar-refractivity contribution >= 4 is 17.6 Å². The maximum Gasteiger partial charge on any atom is 0.323 e. The minimum absolute atomic E-state index is 0.0347. The summed E-state index contributed by atoms with van der Waals surface area (Å²) in [5, 5.41) is 2.83. The summed E-state index contributed by atoms with van der Waals surface area (Å²) < 4.78 is 5.45. The largest absolute Gasteiger partial charge is 0.444 e. The number of amides is 3. The predicted molar refractivity (Wildman–Crippen MR) is 89.4 cm³/mol. The van der Waals surface area contributed by atoms with E-state index >= 15 is 0 Å². The summed E-state index contributed by atoms with van der Waals surface area (Å²) in [5.41, 5.74) is 3.27. The third-order valence-corrected chi connectivity index (χ3v) is 4.03. The third kappa shape index (κ3) is 3.10. The van der Waals surface area contributed by atoms with Crippen molar-refractivity contribution in [1.82, 2.24) is 14.8 Å². The molecule has 1 aliphatic heterocycles. The fraction of sp³-hybridized carbons (Fsp3) is 0.353. The number of hydrogen-bond donors (Lipinski definition) is 1. The van der Waals surface area contributed by atoms with Gasteiger partial charge in [-0.3, -0.25) is 9.69 Å². The van der Waals surface area contributed by atoms with Gasteiger partial charge in [-0.25, -0.2) is 9.78 Å². The van der Waals surface area contributed by atoms with Gasteiger partial charge >= 0.3 is 6.03 Å². The normalized spacial score (nSPS) is 14.4.